The van der Waals surface area contributed by atoms with Gasteiger partial charge < -0.3 is 10.2 Å². The highest BCUT2D eigenvalue weighted by atomic mass is 35.5. The van der Waals surface area contributed by atoms with Crippen LogP contribution in [-0.4, -0.2) is 25.0 Å². The number of hydrogen-bond donors (Lipinski definition) is 1. The highest BCUT2D eigenvalue weighted by Gasteiger charge is 2.02. The van der Waals surface area contributed by atoms with Crippen molar-refractivity contribution >= 4 is 23.3 Å². The first-order valence-electron chi connectivity index (χ1n) is 3.83. The van der Waals surface area contributed by atoms with Crippen LogP contribution in [0.25, 0.3) is 0 Å². The van der Waals surface area contributed by atoms with Gasteiger partial charge >= 0.3 is 6.03 Å². The van der Waals surface area contributed by atoms with Crippen LogP contribution in [0.5, 0.6) is 0 Å². The largest absolute Gasteiger partial charge is 0.331 e. The third kappa shape index (κ3) is 2.95. The molecule has 0 heterocycles. The molecule has 0 radical (unpaired) electrons. The van der Waals surface area contributed by atoms with E-state index in [-0.39, 0.29) is 6.03 Å². The molecule has 0 aliphatic heterocycles. The second kappa shape index (κ2) is 4.14. The Hall–Kier alpha value is -1.22. The van der Waals surface area contributed by atoms with Crippen LogP contribution in [0, 0.1) is 0 Å². The number of benzene rings is 1. The maximum Gasteiger partial charge on any atom is 0.321 e. The number of carbonyl (C=O) groups is 1. The zero-order valence-electron chi connectivity index (χ0n) is 7.54. The van der Waals surface area contributed by atoms with Gasteiger partial charge in [0.15, 0.2) is 0 Å². The first kappa shape index (κ1) is 9.86. The van der Waals surface area contributed by atoms with Crippen molar-refractivity contribution in [1.29, 1.82) is 0 Å². The van der Waals surface area contributed by atoms with Crippen LogP contribution in [0.2, 0.25) is 5.02 Å². The number of anilines is 1. The lowest BCUT2D eigenvalue weighted by atomic mass is 10.8. The number of rotatable bonds is 1. The smallest absolute Gasteiger partial charge is 0.321 e. The minimum atomic E-state index is -0.151. The van der Waals surface area contributed by atoms with E-state index in [0.717, 1.165) is 5.69 Å². The van der Waals surface area contributed by atoms with Crippen LogP contribution >= 0.6 is 11.6 Å². The summed E-state index contributed by atoms with van der Waals surface area (Å²) in [5.74, 6) is 0. The summed E-state index contributed by atoms with van der Waals surface area (Å²) in [4.78, 5) is 12.6. The summed E-state index contributed by atoms with van der Waals surface area (Å²) >= 11 is 5.69. The molecule has 1 N–H and O–H groups in total. The lowest BCUT2D eigenvalue weighted by Crippen LogP contribution is -2.27. The van der Waals surface area contributed by atoms with Crippen molar-refractivity contribution in [1.82, 2.24) is 4.90 Å². The molecule has 4 heteroatoms. The number of carbonyl (C=O) groups excluding carboxylic acids is 1. The van der Waals surface area contributed by atoms with Crippen molar-refractivity contribution in [2.75, 3.05) is 19.4 Å². The van der Waals surface area contributed by atoms with Gasteiger partial charge in [0.1, 0.15) is 0 Å². The number of hydrogen-bond acceptors (Lipinski definition) is 1. The summed E-state index contributed by atoms with van der Waals surface area (Å²) in [7, 11) is 3.37. The van der Waals surface area contributed by atoms with E-state index >= 15 is 0 Å². The summed E-state index contributed by atoms with van der Waals surface area (Å²) < 4.78 is 0. The molecule has 1 aromatic rings. The fraction of sp³-hybridized carbons (Fsp3) is 0.222. The van der Waals surface area contributed by atoms with E-state index in [1.807, 2.05) is 0 Å². The molecule has 13 heavy (non-hydrogen) atoms. The number of halogens is 1. The lowest BCUT2D eigenvalue weighted by Gasteiger charge is -2.11. The molecule has 0 atom stereocenters. The van der Waals surface area contributed by atoms with Crippen LogP contribution in [-0.2, 0) is 0 Å². The molecule has 0 unspecified atom stereocenters. The van der Waals surface area contributed by atoms with Crippen molar-refractivity contribution in [3.8, 4) is 0 Å². The average molecular weight is 205 g/mol. The van der Waals surface area contributed by atoms with E-state index in [4.69, 9.17) is 11.6 Å². The van der Waals surface area contributed by atoms with Crippen LogP contribution in [0.4, 0.5) is 10.5 Å². The number of urea groups is 1. The van der Waals surface area contributed by atoms with Crippen LogP contribution in [0.1, 0.15) is 0 Å². The predicted octanol–water partition coefficient (Wildman–Crippen LogP) is 2.43. The van der Waals surface area contributed by atoms with Crippen molar-refractivity contribution in [3.05, 3.63) is 29.3 Å². The minimum Gasteiger partial charge on any atom is -0.331 e. The van der Waals surface area contributed by atoms with E-state index in [2.05, 4.69) is 5.32 Å². The Morgan fingerprint density at radius 1 is 1.31 bits per heavy atom. The standard InChI is InChI=1S/C9H11ClN2O/c1-12(2)9(13)11-8-5-3-7(10)4-6-8/h3-6H,1-2H3,(H,11,13)/i3+1,4+1,5+1,6+1,7+1,8+1. The quantitative estimate of drug-likeness (QED) is 0.749. The Kier molecular flexibility index (Phi) is 3.14. The molecular weight excluding hydrogens is 194 g/mol. The molecule has 1 rings (SSSR count). The molecule has 2 amide bonds. The maximum atomic E-state index is 11.2. The van der Waals surface area contributed by atoms with Crippen molar-refractivity contribution in [2.45, 2.75) is 0 Å². The Balaban J connectivity index is 2.65. The number of nitrogens with one attached hydrogen (secondary N) is 1. The fourth-order valence-corrected chi connectivity index (χ4v) is 0.894. The van der Waals surface area contributed by atoms with Gasteiger partial charge in [-0.3, -0.25) is 0 Å². The molecule has 0 fully saturated rings. The summed E-state index contributed by atoms with van der Waals surface area (Å²) in [5, 5.41) is 3.35. The molecule has 0 saturated carbocycles. The highest BCUT2D eigenvalue weighted by molar-refractivity contribution is 6.30. The summed E-state index contributed by atoms with van der Waals surface area (Å²) in [5.41, 5.74) is 0.739. The molecule has 0 spiro atoms. The molecule has 3 nitrogen and oxygen atoms in total. The average Bonchev–Trinajstić information content (AvgIpc) is 2.08. The molecule has 0 aliphatic carbocycles. The van der Waals surface area contributed by atoms with Gasteiger partial charge in [-0.25, -0.2) is 4.79 Å². The SMILES string of the molecule is CN(C)C(=O)N[13c]1[13cH][13cH][13c](Cl)[13cH][13cH]1. The normalized spacial score (nSPS) is 9.46. The first-order valence-corrected chi connectivity index (χ1v) is 4.21. The van der Waals surface area contributed by atoms with Gasteiger partial charge in [0.2, 0.25) is 0 Å². The summed E-state index contributed by atoms with van der Waals surface area (Å²) in [6.45, 7) is 0. The third-order valence-electron chi connectivity index (χ3n) is 1.50. The van der Waals surface area contributed by atoms with Gasteiger partial charge in [-0.15, -0.1) is 0 Å². The van der Waals surface area contributed by atoms with E-state index in [9.17, 15) is 4.79 Å². The van der Waals surface area contributed by atoms with E-state index in [1.54, 1.807) is 38.4 Å². The fourth-order valence-electron chi connectivity index (χ4n) is 0.769. The van der Waals surface area contributed by atoms with Gasteiger partial charge in [-0.2, -0.15) is 0 Å². The van der Waals surface area contributed by atoms with E-state index in [0.29, 0.717) is 5.02 Å². The first-order chi connectivity index (χ1) is 6.09. The van der Waals surface area contributed by atoms with E-state index < -0.39 is 0 Å². The third-order valence-corrected chi connectivity index (χ3v) is 1.75. The Labute approximate surface area is 82.3 Å². The topological polar surface area (TPSA) is 32.3 Å². The maximum absolute atomic E-state index is 11.2. The van der Waals surface area contributed by atoms with Gasteiger partial charge in [-0.1, -0.05) is 11.6 Å². The van der Waals surface area contributed by atoms with Crippen LogP contribution in [0.3, 0.4) is 0 Å². The van der Waals surface area contributed by atoms with Crippen molar-refractivity contribution in [3.63, 3.8) is 0 Å². The van der Waals surface area contributed by atoms with Crippen molar-refractivity contribution < 1.29 is 4.79 Å². The minimum absolute atomic E-state index is 0.151. The second-order valence-corrected chi connectivity index (χ2v) is 3.27. The Morgan fingerprint density at radius 3 is 2.31 bits per heavy atom. The highest BCUT2D eigenvalue weighted by Crippen LogP contribution is 2.13. The molecule has 1 aromatic carbocycles. The lowest BCUT2D eigenvalue weighted by molar-refractivity contribution is 0.230. The Morgan fingerprint density at radius 2 is 1.85 bits per heavy atom. The van der Waals surface area contributed by atoms with Gasteiger partial charge in [0.25, 0.3) is 0 Å². The summed E-state index contributed by atoms with van der Waals surface area (Å²) in [6, 6.07) is 6.81. The molecule has 0 bridgehead atoms. The van der Waals surface area contributed by atoms with Crippen molar-refractivity contribution in [2.24, 2.45) is 0 Å². The van der Waals surface area contributed by atoms with Gasteiger partial charge in [-0.05, 0) is 24.3 Å². The zero-order valence-corrected chi connectivity index (χ0v) is 8.30. The zero-order chi connectivity index (χ0) is 9.84. The van der Waals surface area contributed by atoms with Crippen LogP contribution < -0.4 is 5.32 Å². The van der Waals surface area contributed by atoms with Gasteiger partial charge in [0.05, 0.1) is 0 Å². The van der Waals surface area contributed by atoms with E-state index in [1.165, 1.54) is 4.90 Å². The van der Waals surface area contributed by atoms with Gasteiger partial charge in [0, 0.05) is 24.8 Å². The molecule has 70 valence electrons. The molecule has 0 aromatic heterocycles. The monoisotopic (exact) mass is 204 g/mol. The molecule has 0 aliphatic rings. The van der Waals surface area contributed by atoms with Crippen LogP contribution in [0.15, 0.2) is 24.3 Å². The number of amides is 2. The number of nitrogens with zero attached hydrogens (tertiary/aromatic N) is 1. The Bertz CT molecular complexity index is 295. The molecular formula is C9H11ClN2O. The summed E-state index contributed by atoms with van der Waals surface area (Å²) in [6.07, 6.45) is 0. The molecule has 0 saturated heterocycles. The second-order valence-electron chi connectivity index (χ2n) is 2.83. The predicted molar refractivity (Wildman–Crippen MR) is 54.2 cm³/mol.